The van der Waals surface area contributed by atoms with Crippen molar-refractivity contribution in [3.05, 3.63) is 95.7 Å². The molecule has 1 aromatic rings. The quantitative estimate of drug-likeness (QED) is 0.512. The first-order chi connectivity index (χ1) is 14.2. The van der Waals surface area contributed by atoms with E-state index in [1.807, 2.05) is 13.8 Å². The standard InChI is InChI=1S/C23H26F3N3O/c1-5-18(13-27-6-2)16(4)29-22(30)21-15(3)19(14-28-21)12-17-8-7-9-20(11-10-17)23(24,25)26/h5-8,10-11,13-14,16,27-28H,1-2,9,12H2,3-4H3,(H,29,30)/b18-13+. The van der Waals surface area contributed by atoms with E-state index in [1.165, 1.54) is 18.4 Å². The number of amides is 1. The number of nitrogens with one attached hydrogen (secondary N) is 3. The molecule has 1 aliphatic carbocycles. The van der Waals surface area contributed by atoms with Crippen molar-refractivity contribution in [2.75, 3.05) is 0 Å². The second kappa shape index (κ2) is 10.0. The Bertz CT molecular complexity index is 930. The first kappa shape index (κ1) is 23.1. The van der Waals surface area contributed by atoms with Crippen molar-refractivity contribution in [2.24, 2.45) is 0 Å². The van der Waals surface area contributed by atoms with E-state index < -0.39 is 11.7 Å². The number of carbonyl (C=O) groups is 1. The number of carbonyl (C=O) groups excluding carboxylic acids is 1. The molecule has 2 rings (SSSR count). The van der Waals surface area contributed by atoms with Gasteiger partial charge in [-0.15, -0.1) is 0 Å². The van der Waals surface area contributed by atoms with Crippen LogP contribution in [0.4, 0.5) is 13.2 Å². The van der Waals surface area contributed by atoms with E-state index in [-0.39, 0.29) is 18.4 Å². The summed E-state index contributed by atoms with van der Waals surface area (Å²) < 4.78 is 38.7. The van der Waals surface area contributed by atoms with Crippen LogP contribution in [0.15, 0.2) is 78.9 Å². The van der Waals surface area contributed by atoms with Crippen LogP contribution in [0.25, 0.3) is 0 Å². The third kappa shape index (κ3) is 5.89. The van der Waals surface area contributed by atoms with Crippen LogP contribution in [-0.2, 0) is 6.42 Å². The fourth-order valence-electron chi connectivity index (χ4n) is 3.04. The van der Waals surface area contributed by atoms with Crippen LogP contribution in [0.1, 0.15) is 35.0 Å². The van der Waals surface area contributed by atoms with Crippen LogP contribution in [0, 0.1) is 6.92 Å². The molecule has 30 heavy (non-hydrogen) atoms. The van der Waals surface area contributed by atoms with Crippen molar-refractivity contribution < 1.29 is 18.0 Å². The van der Waals surface area contributed by atoms with Gasteiger partial charge >= 0.3 is 6.18 Å². The van der Waals surface area contributed by atoms with Crippen LogP contribution in [0.3, 0.4) is 0 Å². The zero-order valence-electron chi connectivity index (χ0n) is 17.1. The third-order valence-electron chi connectivity index (χ3n) is 4.85. The maximum atomic E-state index is 12.9. The minimum absolute atomic E-state index is 0.152. The van der Waals surface area contributed by atoms with Gasteiger partial charge in [0.05, 0.1) is 6.04 Å². The largest absolute Gasteiger partial charge is 0.412 e. The van der Waals surface area contributed by atoms with E-state index in [0.29, 0.717) is 12.1 Å². The molecular weight excluding hydrogens is 391 g/mol. The lowest BCUT2D eigenvalue weighted by Gasteiger charge is -2.15. The van der Waals surface area contributed by atoms with Crippen molar-refractivity contribution in [1.29, 1.82) is 0 Å². The summed E-state index contributed by atoms with van der Waals surface area (Å²) >= 11 is 0. The molecular formula is C23H26F3N3O. The second-order valence-electron chi connectivity index (χ2n) is 6.94. The lowest BCUT2D eigenvalue weighted by atomic mass is 10.0. The Balaban J connectivity index is 2.13. The van der Waals surface area contributed by atoms with Crippen molar-refractivity contribution in [1.82, 2.24) is 15.6 Å². The third-order valence-corrected chi connectivity index (χ3v) is 4.85. The number of H-pyrrole nitrogens is 1. The molecule has 0 aliphatic heterocycles. The van der Waals surface area contributed by atoms with E-state index in [0.717, 1.165) is 28.3 Å². The number of alkyl halides is 3. The Labute approximate surface area is 174 Å². The first-order valence-electron chi connectivity index (χ1n) is 9.48. The molecule has 3 N–H and O–H groups in total. The fourth-order valence-corrected chi connectivity index (χ4v) is 3.04. The number of aromatic nitrogens is 1. The summed E-state index contributed by atoms with van der Waals surface area (Å²) in [7, 11) is 0. The highest BCUT2D eigenvalue weighted by Gasteiger charge is 2.32. The van der Waals surface area contributed by atoms with E-state index in [2.05, 4.69) is 28.8 Å². The molecule has 1 heterocycles. The van der Waals surface area contributed by atoms with Gasteiger partial charge in [-0.2, -0.15) is 13.2 Å². The lowest BCUT2D eigenvalue weighted by Crippen LogP contribution is -2.34. The minimum Gasteiger partial charge on any atom is -0.368 e. The molecule has 0 aromatic carbocycles. The van der Waals surface area contributed by atoms with Crippen LogP contribution >= 0.6 is 0 Å². The highest BCUT2D eigenvalue weighted by molar-refractivity contribution is 5.94. The van der Waals surface area contributed by atoms with Crippen molar-refractivity contribution >= 4 is 5.91 Å². The topological polar surface area (TPSA) is 56.9 Å². The van der Waals surface area contributed by atoms with E-state index >= 15 is 0 Å². The zero-order valence-corrected chi connectivity index (χ0v) is 17.1. The molecule has 1 aromatic heterocycles. The molecule has 0 fully saturated rings. The number of rotatable bonds is 8. The van der Waals surface area contributed by atoms with Crippen molar-refractivity contribution in [3.63, 3.8) is 0 Å². The first-order valence-corrected chi connectivity index (χ1v) is 9.48. The minimum atomic E-state index is -4.33. The average Bonchev–Trinajstić information content (AvgIpc) is 2.88. The lowest BCUT2D eigenvalue weighted by molar-refractivity contribution is -0.0928. The molecule has 0 spiro atoms. The van der Waals surface area contributed by atoms with Crippen molar-refractivity contribution in [3.8, 4) is 0 Å². The van der Waals surface area contributed by atoms with Gasteiger partial charge < -0.3 is 15.6 Å². The number of aromatic amines is 1. The molecule has 1 unspecified atom stereocenters. The summed E-state index contributed by atoms with van der Waals surface area (Å²) in [5.74, 6) is -0.276. The summed E-state index contributed by atoms with van der Waals surface area (Å²) in [4.78, 5) is 15.7. The molecule has 160 valence electrons. The molecule has 1 atom stereocenters. The summed E-state index contributed by atoms with van der Waals surface area (Å²) in [6.07, 6.45) is 8.31. The summed E-state index contributed by atoms with van der Waals surface area (Å²) in [6.45, 7) is 11.0. The maximum Gasteiger partial charge on any atom is 0.412 e. The Morgan fingerprint density at radius 2 is 2.07 bits per heavy atom. The second-order valence-corrected chi connectivity index (χ2v) is 6.94. The van der Waals surface area contributed by atoms with Gasteiger partial charge in [-0.25, -0.2) is 0 Å². The van der Waals surface area contributed by atoms with E-state index in [1.54, 1.807) is 24.5 Å². The molecule has 1 amide bonds. The van der Waals surface area contributed by atoms with Gasteiger partial charge in [0.1, 0.15) is 5.69 Å². The number of hydrogen-bond acceptors (Lipinski definition) is 2. The average molecular weight is 417 g/mol. The number of allylic oxidation sites excluding steroid dienone is 6. The van der Waals surface area contributed by atoms with Gasteiger partial charge in [0, 0.05) is 18.0 Å². The SMILES string of the molecule is C=CN/C=C(\C=C)C(C)NC(=O)c1[nH]cc(CC2=CC=C(C(F)(F)F)CC=C2)c1C. The molecule has 4 nitrogen and oxygen atoms in total. The van der Waals surface area contributed by atoms with E-state index in [9.17, 15) is 18.0 Å². The van der Waals surface area contributed by atoms with Gasteiger partial charge in [-0.3, -0.25) is 4.79 Å². The summed E-state index contributed by atoms with van der Waals surface area (Å²) in [5.41, 5.74) is 2.97. The van der Waals surface area contributed by atoms with Gasteiger partial charge in [0.15, 0.2) is 0 Å². The van der Waals surface area contributed by atoms with Crippen LogP contribution in [0.2, 0.25) is 0 Å². The fraction of sp³-hybridized carbons (Fsp3) is 0.261. The molecule has 0 saturated heterocycles. The number of halogens is 3. The smallest absolute Gasteiger partial charge is 0.368 e. The Hall–Kier alpha value is -3.22. The summed E-state index contributed by atoms with van der Waals surface area (Å²) in [6, 6.07) is -0.285. The molecule has 0 bridgehead atoms. The highest BCUT2D eigenvalue weighted by atomic mass is 19.4. The molecule has 0 radical (unpaired) electrons. The van der Waals surface area contributed by atoms with Crippen LogP contribution in [0.5, 0.6) is 0 Å². The van der Waals surface area contributed by atoms with Crippen LogP contribution < -0.4 is 10.6 Å². The predicted molar refractivity (Wildman–Crippen MR) is 114 cm³/mol. The highest BCUT2D eigenvalue weighted by Crippen LogP contribution is 2.30. The maximum absolute atomic E-state index is 12.9. The predicted octanol–water partition coefficient (Wildman–Crippen LogP) is 5.16. The van der Waals surface area contributed by atoms with Crippen LogP contribution in [-0.4, -0.2) is 23.1 Å². The zero-order chi connectivity index (χ0) is 22.3. The van der Waals surface area contributed by atoms with Crippen molar-refractivity contribution in [2.45, 2.75) is 38.9 Å². The van der Waals surface area contributed by atoms with Gasteiger partial charge in [-0.1, -0.05) is 43.5 Å². The Morgan fingerprint density at radius 3 is 2.70 bits per heavy atom. The molecule has 0 saturated carbocycles. The number of hydrogen-bond donors (Lipinski definition) is 3. The normalized spacial score (nSPS) is 15.6. The monoisotopic (exact) mass is 417 g/mol. The van der Waals surface area contributed by atoms with Gasteiger partial charge in [-0.05, 0) is 55.2 Å². The van der Waals surface area contributed by atoms with E-state index in [4.69, 9.17) is 0 Å². The van der Waals surface area contributed by atoms with Gasteiger partial charge in [0.25, 0.3) is 5.91 Å². The Morgan fingerprint density at radius 1 is 1.33 bits per heavy atom. The Kier molecular flexibility index (Phi) is 7.69. The van der Waals surface area contributed by atoms with Gasteiger partial charge in [0.2, 0.25) is 0 Å². The summed E-state index contributed by atoms with van der Waals surface area (Å²) in [5, 5.41) is 5.75. The molecule has 1 aliphatic rings. The molecule has 7 heteroatoms.